The van der Waals surface area contributed by atoms with Crippen molar-refractivity contribution in [3.05, 3.63) is 83.3 Å². The molecule has 7 rings (SSSR count). The third kappa shape index (κ3) is 4.79. The van der Waals surface area contributed by atoms with E-state index in [-0.39, 0.29) is 5.41 Å². The highest BCUT2D eigenvalue weighted by Gasteiger charge is 2.52. The van der Waals surface area contributed by atoms with Gasteiger partial charge in [-0.05, 0) is 98.0 Å². The third-order valence-corrected chi connectivity index (χ3v) is 8.77. The Hall–Kier alpha value is -3.47. The molecular formula is C32H34N2O3. The second kappa shape index (κ2) is 9.77. The fraction of sp³-hybridized carbons (Fsp3) is 0.406. The lowest BCUT2D eigenvalue weighted by atomic mass is 9.48. The van der Waals surface area contributed by atoms with Crippen LogP contribution in [0.2, 0.25) is 0 Å². The maximum absolute atomic E-state index is 11.4. The fourth-order valence-electron chi connectivity index (χ4n) is 7.46. The molecule has 37 heavy (non-hydrogen) atoms. The zero-order valence-corrected chi connectivity index (χ0v) is 21.4. The van der Waals surface area contributed by atoms with Crippen LogP contribution in [0.5, 0.6) is 5.75 Å². The molecule has 1 heterocycles. The van der Waals surface area contributed by atoms with Crippen molar-refractivity contribution in [3.63, 3.8) is 0 Å². The molecule has 4 aliphatic rings. The number of carboxylic acids is 1. The van der Waals surface area contributed by atoms with Crippen molar-refractivity contribution in [3.8, 4) is 17.0 Å². The largest absolute Gasteiger partial charge is 0.489 e. The molecule has 0 aliphatic heterocycles. The van der Waals surface area contributed by atoms with E-state index >= 15 is 0 Å². The first kappa shape index (κ1) is 23.9. The first-order chi connectivity index (χ1) is 18.0. The molecule has 5 nitrogen and oxygen atoms in total. The number of carbonyl (C=O) groups is 1. The highest BCUT2D eigenvalue weighted by molar-refractivity contribution is 5.91. The summed E-state index contributed by atoms with van der Waals surface area (Å²) in [7, 11) is 0. The van der Waals surface area contributed by atoms with Gasteiger partial charge < -0.3 is 9.84 Å². The molecule has 190 valence electrons. The van der Waals surface area contributed by atoms with Crippen LogP contribution in [0.25, 0.3) is 17.3 Å². The molecule has 2 aromatic carbocycles. The fourth-order valence-corrected chi connectivity index (χ4v) is 7.46. The summed E-state index contributed by atoms with van der Waals surface area (Å²) >= 11 is 0. The van der Waals surface area contributed by atoms with E-state index in [1.165, 1.54) is 49.7 Å². The van der Waals surface area contributed by atoms with Crippen molar-refractivity contribution < 1.29 is 14.6 Å². The van der Waals surface area contributed by atoms with Gasteiger partial charge in [-0.3, -0.25) is 9.97 Å². The van der Waals surface area contributed by atoms with E-state index in [0.717, 1.165) is 34.8 Å². The van der Waals surface area contributed by atoms with Crippen LogP contribution in [0.1, 0.15) is 68.7 Å². The zero-order chi connectivity index (χ0) is 25.4. The van der Waals surface area contributed by atoms with Crippen LogP contribution in [0, 0.1) is 17.8 Å². The van der Waals surface area contributed by atoms with Crippen LogP contribution in [-0.2, 0) is 16.8 Å². The van der Waals surface area contributed by atoms with Gasteiger partial charge in [0.2, 0.25) is 0 Å². The van der Waals surface area contributed by atoms with E-state index in [1.54, 1.807) is 18.5 Å². The lowest BCUT2D eigenvalue weighted by Crippen LogP contribution is -2.48. The van der Waals surface area contributed by atoms with Gasteiger partial charge in [0.15, 0.2) is 0 Å². The first-order valence-electron chi connectivity index (χ1n) is 13.6. The summed E-state index contributed by atoms with van der Waals surface area (Å²) in [5, 5.41) is 9.33. The Kier molecular flexibility index (Phi) is 6.31. The monoisotopic (exact) mass is 494 g/mol. The minimum atomic E-state index is -0.917. The summed E-state index contributed by atoms with van der Waals surface area (Å²) < 4.78 is 6.50. The summed E-state index contributed by atoms with van der Waals surface area (Å²) in [5.74, 6) is 2.59. The first-order valence-corrected chi connectivity index (χ1v) is 13.6. The van der Waals surface area contributed by atoms with Crippen molar-refractivity contribution in [2.24, 2.45) is 17.8 Å². The quantitative estimate of drug-likeness (QED) is 0.339. The number of rotatable bonds is 8. The minimum Gasteiger partial charge on any atom is -0.489 e. The molecule has 0 saturated heterocycles. The van der Waals surface area contributed by atoms with Crippen molar-refractivity contribution in [2.75, 3.05) is 0 Å². The average molecular weight is 495 g/mol. The number of hydrogen-bond acceptors (Lipinski definition) is 4. The molecule has 1 aromatic heterocycles. The zero-order valence-electron chi connectivity index (χ0n) is 21.4. The topological polar surface area (TPSA) is 72.3 Å². The van der Waals surface area contributed by atoms with Gasteiger partial charge in [0.1, 0.15) is 12.4 Å². The Balaban J connectivity index is 1.34. The Morgan fingerprint density at radius 1 is 1.00 bits per heavy atom. The van der Waals surface area contributed by atoms with E-state index in [0.29, 0.717) is 24.3 Å². The highest BCUT2D eigenvalue weighted by atomic mass is 16.5. The van der Waals surface area contributed by atoms with E-state index in [4.69, 9.17) is 4.74 Å². The van der Waals surface area contributed by atoms with Crippen LogP contribution in [-0.4, -0.2) is 21.0 Å². The van der Waals surface area contributed by atoms with Gasteiger partial charge in [-0.15, -0.1) is 0 Å². The van der Waals surface area contributed by atoms with Crippen LogP contribution in [0.15, 0.2) is 66.5 Å². The summed E-state index contributed by atoms with van der Waals surface area (Å²) in [4.78, 5) is 20.5. The van der Waals surface area contributed by atoms with E-state index in [1.807, 2.05) is 13.0 Å². The normalized spacial score (nSPS) is 26.3. The summed E-state index contributed by atoms with van der Waals surface area (Å²) in [5.41, 5.74) is 5.42. The molecule has 4 bridgehead atoms. The molecule has 0 spiro atoms. The standard InChI is InChI=1S/C32H34N2O3/c1-2-25(31(35)36)13-27-18-34-29(19-33-27)26-8-9-30(37-20-21-6-4-3-5-7-21)28(14-26)32-15-22-10-23(16-32)12-24(11-22)17-32/h3-9,13-14,18-19,22-24H,2,10-12,15-17,20H2,1H3,(H,35,36). The molecule has 5 heteroatoms. The average Bonchev–Trinajstić information content (AvgIpc) is 2.90. The van der Waals surface area contributed by atoms with Gasteiger partial charge in [-0.25, -0.2) is 4.79 Å². The van der Waals surface area contributed by atoms with Gasteiger partial charge in [0, 0.05) is 16.7 Å². The number of benzene rings is 2. The predicted octanol–water partition coefficient (Wildman–Crippen LogP) is 7.07. The lowest BCUT2D eigenvalue weighted by Gasteiger charge is -2.57. The number of ether oxygens (including phenoxy) is 1. The number of hydrogen-bond donors (Lipinski definition) is 1. The number of aromatic nitrogens is 2. The van der Waals surface area contributed by atoms with Crippen molar-refractivity contribution in [1.29, 1.82) is 0 Å². The molecule has 0 unspecified atom stereocenters. The smallest absolute Gasteiger partial charge is 0.331 e. The van der Waals surface area contributed by atoms with Gasteiger partial charge in [-0.2, -0.15) is 0 Å². The van der Waals surface area contributed by atoms with Crippen LogP contribution in [0.3, 0.4) is 0 Å². The molecule has 4 saturated carbocycles. The summed E-state index contributed by atoms with van der Waals surface area (Å²) in [6, 6.07) is 16.9. The maximum atomic E-state index is 11.4. The third-order valence-electron chi connectivity index (χ3n) is 8.77. The molecule has 0 amide bonds. The minimum absolute atomic E-state index is 0.185. The highest BCUT2D eigenvalue weighted by Crippen LogP contribution is 2.62. The Bertz CT molecular complexity index is 1280. The maximum Gasteiger partial charge on any atom is 0.331 e. The summed E-state index contributed by atoms with van der Waals surface area (Å²) in [6.45, 7) is 2.39. The lowest BCUT2D eigenvalue weighted by molar-refractivity contribution is -0.132. The Labute approximate surface area is 218 Å². The predicted molar refractivity (Wildman–Crippen MR) is 144 cm³/mol. The second-order valence-corrected chi connectivity index (χ2v) is 11.3. The van der Waals surface area contributed by atoms with Crippen molar-refractivity contribution >= 4 is 12.0 Å². The van der Waals surface area contributed by atoms with E-state index in [9.17, 15) is 9.90 Å². The van der Waals surface area contributed by atoms with Gasteiger partial charge in [0.05, 0.1) is 23.8 Å². The van der Waals surface area contributed by atoms with Crippen molar-refractivity contribution in [2.45, 2.75) is 63.9 Å². The Morgan fingerprint density at radius 2 is 1.70 bits per heavy atom. The second-order valence-electron chi connectivity index (χ2n) is 11.3. The number of aliphatic carboxylic acids is 1. The van der Waals surface area contributed by atoms with Gasteiger partial charge in [-0.1, -0.05) is 37.3 Å². The SMILES string of the molecule is CCC(=Cc1cnc(-c2ccc(OCc3ccccc3)c(C34CC5CC(CC(C5)C3)C4)c2)cn1)C(=O)O. The molecule has 1 N–H and O–H groups in total. The van der Waals surface area contributed by atoms with Crippen LogP contribution >= 0.6 is 0 Å². The molecular weight excluding hydrogens is 460 g/mol. The molecule has 3 aromatic rings. The molecule has 4 fully saturated rings. The number of nitrogens with zero attached hydrogens (tertiary/aromatic N) is 2. The van der Waals surface area contributed by atoms with Crippen molar-refractivity contribution in [1.82, 2.24) is 9.97 Å². The molecule has 0 radical (unpaired) electrons. The van der Waals surface area contributed by atoms with Crippen LogP contribution < -0.4 is 4.74 Å². The van der Waals surface area contributed by atoms with E-state index < -0.39 is 5.97 Å². The van der Waals surface area contributed by atoms with Gasteiger partial charge >= 0.3 is 5.97 Å². The molecule has 0 atom stereocenters. The Morgan fingerprint density at radius 3 is 2.30 bits per heavy atom. The summed E-state index contributed by atoms with van der Waals surface area (Å²) in [6.07, 6.45) is 13.4. The van der Waals surface area contributed by atoms with Crippen LogP contribution in [0.4, 0.5) is 0 Å². The van der Waals surface area contributed by atoms with Gasteiger partial charge in [0.25, 0.3) is 0 Å². The van der Waals surface area contributed by atoms with E-state index in [2.05, 4.69) is 52.4 Å². The molecule has 4 aliphatic carbocycles. The number of carboxylic acid groups (broad SMARTS) is 1.